The molecule has 0 radical (unpaired) electrons. The van der Waals surface area contributed by atoms with Gasteiger partial charge in [0, 0.05) is 5.70 Å². The zero-order chi connectivity index (χ0) is 12.6. The smallest absolute Gasteiger partial charge is 0.139 e. The second kappa shape index (κ2) is 7.70. The number of hydrogen-bond donors (Lipinski definition) is 1. The van der Waals surface area contributed by atoms with Crippen LogP contribution in [0.4, 0.5) is 0 Å². The first-order valence-corrected chi connectivity index (χ1v) is 5.67. The molecule has 0 aliphatic rings. The Bertz CT molecular complexity index is 343. The van der Waals surface area contributed by atoms with Gasteiger partial charge in [-0.2, -0.15) is 5.26 Å². The summed E-state index contributed by atoms with van der Waals surface area (Å²) in [5.41, 5.74) is 7.77. The van der Waals surface area contributed by atoms with E-state index in [0.29, 0.717) is 17.3 Å². The second-order valence-electron chi connectivity index (χ2n) is 3.82. The van der Waals surface area contributed by atoms with Crippen LogP contribution in [-0.4, -0.2) is 6.21 Å². The summed E-state index contributed by atoms with van der Waals surface area (Å²) in [6.07, 6.45) is 5.30. The van der Waals surface area contributed by atoms with Crippen LogP contribution in [0.3, 0.4) is 0 Å². The lowest BCUT2D eigenvalue weighted by molar-refractivity contribution is 0.650. The van der Waals surface area contributed by atoms with E-state index in [1.165, 1.54) is 0 Å². The van der Waals surface area contributed by atoms with Crippen molar-refractivity contribution < 1.29 is 0 Å². The van der Waals surface area contributed by atoms with Gasteiger partial charge in [0.15, 0.2) is 0 Å². The van der Waals surface area contributed by atoms with Crippen molar-refractivity contribution in [3.05, 3.63) is 23.0 Å². The zero-order valence-corrected chi connectivity index (χ0v) is 10.6. The number of hydrogen-bond acceptors (Lipinski definition) is 3. The summed E-state index contributed by atoms with van der Waals surface area (Å²) >= 11 is 0. The first-order valence-electron chi connectivity index (χ1n) is 5.67. The monoisotopic (exact) mass is 219 g/mol. The number of aliphatic imine (C=N–C) groups is 1. The van der Waals surface area contributed by atoms with E-state index < -0.39 is 0 Å². The Morgan fingerprint density at radius 3 is 2.56 bits per heavy atom. The highest BCUT2D eigenvalue weighted by atomic mass is 14.8. The summed E-state index contributed by atoms with van der Waals surface area (Å²) in [5.74, 6) is 0.378. The van der Waals surface area contributed by atoms with E-state index in [9.17, 15) is 0 Å². The molecule has 3 nitrogen and oxygen atoms in total. The van der Waals surface area contributed by atoms with Crippen molar-refractivity contribution in [3.63, 3.8) is 0 Å². The van der Waals surface area contributed by atoms with E-state index in [-0.39, 0.29) is 0 Å². The van der Waals surface area contributed by atoms with Crippen LogP contribution in [0, 0.1) is 17.2 Å². The highest BCUT2D eigenvalue weighted by Crippen LogP contribution is 2.18. The molecular weight excluding hydrogens is 198 g/mol. The average molecular weight is 219 g/mol. The summed E-state index contributed by atoms with van der Waals surface area (Å²) in [5, 5.41) is 9.00. The first kappa shape index (κ1) is 14.4. The third-order valence-corrected chi connectivity index (χ3v) is 2.61. The molecule has 0 heterocycles. The molecule has 88 valence electrons. The van der Waals surface area contributed by atoms with Crippen molar-refractivity contribution in [1.29, 1.82) is 5.26 Å². The topological polar surface area (TPSA) is 62.2 Å². The van der Waals surface area contributed by atoms with Gasteiger partial charge in [-0.1, -0.05) is 26.8 Å². The first-order chi connectivity index (χ1) is 7.56. The molecule has 2 N–H and O–H groups in total. The van der Waals surface area contributed by atoms with Gasteiger partial charge >= 0.3 is 0 Å². The minimum Gasteiger partial charge on any atom is -0.398 e. The van der Waals surface area contributed by atoms with Gasteiger partial charge in [-0.15, -0.1) is 0 Å². The predicted molar refractivity (Wildman–Crippen MR) is 68.8 cm³/mol. The number of nitrogens with two attached hydrogens (primary N) is 1. The summed E-state index contributed by atoms with van der Waals surface area (Å²) in [7, 11) is 0. The molecule has 16 heavy (non-hydrogen) atoms. The molecule has 0 amide bonds. The third-order valence-electron chi connectivity index (χ3n) is 2.61. The normalized spacial score (nSPS) is 15.8. The fraction of sp³-hybridized carbons (Fsp3) is 0.538. The standard InChI is InChI=1S/C13H21N3/c1-5-7-12(15)9-16-13(8-14)11(4)10(3)6-2/h7,9-10H,5-6,15H2,1-4H3/b12-7-,13-11+,16-9+. The van der Waals surface area contributed by atoms with E-state index in [0.717, 1.165) is 18.4 Å². The van der Waals surface area contributed by atoms with Gasteiger partial charge in [0.05, 0.1) is 6.21 Å². The molecule has 0 aliphatic heterocycles. The van der Waals surface area contributed by atoms with Crippen LogP contribution >= 0.6 is 0 Å². The minimum atomic E-state index is 0.378. The van der Waals surface area contributed by atoms with Crippen LogP contribution in [0.1, 0.15) is 40.5 Å². The summed E-state index contributed by atoms with van der Waals surface area (Å²) in [6, 6.07) is 2.11. The number of rotatable bonds is 5. The molecule has 0 fully saturated rings. The molecule has 0 aromatic carbocycles. The highest BCUT2D eigenvalue weighted by molar-refractivity contribution is 5.78. The lowest BCUT2D eigenvalue weighted by Crippen LogP contribution is -2.00. The molecule has 1 atom stereocenters. The molecule has 0 saturated carbocycles. The van der Waals surface area contributed by atoms with Crippen LogP contribution in [0.2, 0.25) is 0 Å². The van der Waals surface area contributed by atoms with Crippen LogP contribution in [0.25, 0.3) is 0 Å². The van der Waals surface area contributed by atoms with Gasteiger partial charge in [0.1, 0.15) is 11.8 Å². The van der Waals surface area contributed by atoms with E-state index in [1.807, 2.05) is 19.9 Å². The molecule has 1 unspecified atom stereocenters. The molecule has 0 rings (SSSR count). The number of nitrogens with zero attached hydrogens (tertiary/aromatic N) is 2. The average Bonchev–Trinajstić information content (AvgIpc) is 2.28. The van der Waals surface area contributed by atoms with Crippen molar-refractivity contribution in [2.45, 2.75) is 40.5 Å². The van der Waals surface area contributed by atoms with Gasteiger partial charge in [-0.05, 0) is 31.3 Å². The second-order valence-corrected chi connectivity index (χ2v) is 3.82. The summed E-state index contributed by atoms with van der Waals surface area (Å²) in [6.45, 7) is 8.14. The fourth-order valence-corrected chi connectivity index (χ4v) is 1.19. The Morgan fingerprint density at radius 2 is 2.12 bits per heavy atom. The van der Waals surface area contributed by atoms with Gasteiger partial charge in [-0.3, -0.25) is 0 Å². The van der Waals surface area contributed by atoms with Gasteiger partial charge in [0.2, 0.25) is 0 Å². The van der Waals surface area contributed by atoms with Crippen LogP contribution in [0.5, 0.6) is 0 Å². The van der Waals surface area contributed by atoms with Crippen LogP contribution < -0.4 is 5.73 Å². The van der Waals surface area contributed by atoms with Gasteiger partial charge < -0.3 is 5.73 Å². The van der Waals surface area contributed by atoms with E-state index >= 15 is 0 Å². The summed E-state index contributed by atoms with van der Waals surface area (Å²) < 4.78 is 0. The molecule has 0 saturated heterocycles. The Kier molecular flexibility index (Phi) is 6.95. The fourth-order valence-electron chi connectivity index (χ4n) is 1.19. The SMILES string of the molecule is CC/C=C(N)/C=N/C(C#N)=C(\C)C(C)CC. The third kappa shape index (κ3) is 4.79. The molecule has 0 aromatic heterocycles. The lowest BCUT2D eigenvalue weighted by atomic mass is 9.98. The van der Waals surface area contributed by atoms with Crippen molar-refractivity contribution in [1.82, 2.24) is 0 Å². The minimum absolute atomic E-state index is 0.378. The van der Waals surface area contributed by atoms with Gasteiger partial charge in [-0.25, -0.2) is 4.99 Å². The van der Waals surface area contributed by atoms with E-state index in [1.54, 1.807) is 6.21 Å². The molecule has 0 spiro atoms. The van der Waals surface area contributed by atoms with Crippen molar-refractivity contribution in [2.75, 3.05) is 0 Å². The Balaban J connectivity index is 4.91. The van der Waals surface area contributed by atoms with E-state index in [2.05, 4.69) is 24.9 Å². The molecule has 0 aliphatic carbocycles. The maximum absolute atomic E-state index is 9.00. The highest BCUT2D eigenvalue weighted by Gasteiger charge is 2.06. The number of nitriles is 1. The molecule has 3 heteroatoms. The van der Waals surface area contributed by atoms with Crippen molar-refractivity contribution >= 4 is 6.21 Å². The molecule has 0 bridgehead atoms. The Hall–Kier alpha value is -1.56. The Morgan fingerprint density at radius 1 is 1.50 bits per heavy atom. The summed E-state index contributed by atoms with van der Waals surface area (Å²) in [4.78, 5) is 4.13. The quantitative estimate of drug-likeness (QED) is 0.570. The lowest BCUT2D eigenvalue weighted by Gasteiger charge is -2.08. The van der Waals surface area contributed by atoms with Crippen LogP contribution in [0.15, 0.2) is 28.0 Å². The number of allylic oxidation sites excluding steroid dienone is 4. The van der Waals surface area contributed by atoms with Crippen molar-refractivity contribution in [3.8, 4) is 6.07 Å². The molecule has 0 aromatic rings. The predicted octanol–water partition coefficient (Wildman–Crippen LogP) is 3.15. The molecular formula is C13H21N3. The van der Waals surface area contributed by atoms with Crippen LogP contribution in [-0.2, 0) is 0 Å². The zero-order valence-electron chi connectivity index (χ0n) is 10.6. The largest absolute Gasteiger partial charge is 0.398 e. The Labute approximate surface area is 98.4 Å². The maximum Gasteiger partial charge on any atom is 0.139 e. The van der Waals surface area contributed by atoms with Gasteiger partial charge in [0.25, 0.3) is 0 Å². The maximum atomic E-state index is 9.00. The van der Waals surface area contributed by atoms with E-state index in [4.69, 9.17) is 11.0 Å². The van der Waals surface area contributed by atoms with Crippen molar-refractivity contribution in [2.24, 2.45) is 16.6 Å².